The summed E-state index contributed by atoms with van der Waals surface area (Å²) in [6.45, 7) is 4.20. The summed E-state index contributed by atoms with van der Waals surface area (Å²) in [7, 11) is 2.07. The van der Waals surface area contributed by atoms with Crippen LogP contribution in [0.2, 0.25) is 0 Å². The minimum Gasteiger partial charge on any atom is -0.347 e. The molecule has 0 bridgehead atoms. The van der Waals surface area contributed by atoms with Gasteiger partial charge in [0, 0.05) is 44.4 Å². The van der Waals surface area contributed by atoms with Crippen molar-refractivity contribution in [1.29, 1.82) is 0 Å². The molecule has 2 unspecified atom stereocenters. The van der Waals surface area contributed by atoms with Gasteiger partial charge in [0.2, 0.25) is 5.91 Å². The molecular weight excluding hydrogens is 278 g/mol. The van der Waals surface area contributed by atoms with Crippen molar-refractivity contribution in [2.75, 3.05) is 26.7 Å². The molecule has 6 nitrogen and oxygen atoms in total. The van der Waals surface area contributed by atoms with E-state index in [0.717, 1.165) is 24.5 Å². The van der Waals surface area contributed by atoms with Gasteiger partial charge in [-0.3, -0.25) is 14.7 Å². The Labute approximate surface area is 130 Å². The molecule has 22 heavy (non-hydrogen) atoms. The molecule has 1 saturated heterocycles. The highest BCUT2D eigenvalue weighted by Crippen LogP contribution is 2.24. The molecule has 0 aliphatic carbocycles. The molecule has 0 saturated carbocycles. The summed E-state index contributed by atoms with van der Waals surface area (Å²) in [5.41, 5.74) is 0.959. The van der Waals surface area contributed by atoms with E-state index in [1.165, 1.54) is 0 Å². The van der Waals surface area contributed by atoms with Crippen LogP contribution in [0.15, 0.2) is 36.9 Å². The van der Waals surface area contributed by atoms with E-state index >= 15 is 0 Å². The lowest BCUT2D eigenvalue weighted by molar-refractivity contribution is -0.135. The maximum absolute atomic E-state index is 12.8. The van der Waals surface area contributed by atoms with E-state index in [1.54, 1.807) is 18.6 Å². The van der Waals surface area contributed by atoms with Crippen molar-refractivity contribution in [1.82, 2.24) is 24.8 Å². The maximum atomic E-state index is 12.8. The topological polar surface area (TPSA) is 65.1 Å². The second kappa shape index (κ2) is 6.27. The average Bonchev–Trinajstić information content (AvgIpc) is 3.09. The summed E-state index contributed by atoms with van der Waals surface area (Å²) in [5.74, 6) is 0.890. The molecular formula is C16H21N5O. The first-order valence-corrected chi connectivity index (χ1v) is 7.55. The first-order chi connectivity index (χ1) is 10.7. The van der Waals surface area contributed by atoms with E-state index in [-0.39, 0.29) is 17.9 Å². The lowest BCUT2D eigenvalue weighted by Crippen LogP contribution is -2.50. The third-order valence-electron chi connectivity index (χ3n) is 4.35. The summed E-state index contributed by atoms with van der Waals surface area (Å²) >= 11 is 0. The zero-order chi connectivity index (χ0) is 15.5. The number of likely N-dealkylation sites (N-methyl/N-ethyl adjacent to an activating group) is 1. The predicted molar refractivity (Wildman–Crippen MR) is 83.2 cm³/mol. The van der Waals surface area contributed by atoms with Gasteiger partial charge in [0.15, 0.2) is 0 Å². The molecule has 2 aromatic rings. The molecule has 6 heteroatoms. The van der Waals surface area contributed by atoms with Crippen molar-refractivity contribution < 1.29 is 4.79 Å². The molecule has 0 spiro atoms. The van der Waals surface area contributed by atoms with Crippen LogP contribution in [0.5, 0.6) is 0 Å². The first kappa shape index (κ1) is 14.7. The summed E-state index contributed by atoms with van der Waals surface area (Å²) in [6, 6.07) is 3.94. The number of amides is 1. The zero-order valence-corrected chi connectivity index (χ0v) is 12.9. The molecule has 0 radical (unpaired) electrons. The number of H-pyrrole nitrogens is 1. The number of hydrogen-bond acceptors (Lipinski definition) is 4. The molecule has 1 aliphatic rings. The summed E-state index contributed by atoms with van der Waals surface area (Å²) < 4.78 is 0. The second-order valence-electron chi connectivity index (χ2n) is 5.76. The Balaban J connectivity index is 1.73. The Morgan fingerprint density at radius 3 is 2.95 bits per heavy atom. The van der Waals surface area contributed by atoms with E-state index in [9.17, 15) is 4.79 Å². The van der Waals surface area contributed by atoms with Crippen LogP contribution >= 0.6 is 0 Å². The van der Waals surface area contributed by atoms with Crippen LogP contribution in [0.25, 0.3) is 0 Å². The number of carbonyl (C=O) groups is 1. The summed E-state index contributed by atoms with van der Waals surface area (Å²) in [5, 5.41) is 0. The Bertz CT molecular complexity index is 613. The molecule has 0 aromatic carbocycles. The molecule has 116 valence electrons. The largest absolute Gasteiger partial charge is 0.347 e. The molecule has 1 fully saturated rings. The number of pyridine rings is 1. The van der Waals surface area contributed by atoms with Gasteiger partial charge < -0.3 is 9.88 Å². The van der Waals surface area contributed by atoms with E-state index in [0.29, 0.717) is 6.54 Å². The van der Waals surface area contributed by atoms with Crippen LogP contribution in [0.3, 0.4) is 0 Å². The summed E-state index contributed by atoms with van der Waals surface area (Å²) in [6.07, 6.45) is 7.07. The predicted octanol–water partition coefficient (Wildman–Crippen LogP) is 1.42. The lowest BCUT2D eigenvalue weighted by atomic mass is 10.0. The van der Waals surface area contributed by atoms with E-state index in [1.807, 2.05) is 30.2 Å². The van der Waals surface area contributed by atoms with Crippen molar-refractivity contribution in [2.45, 2.75) is 18.9 Å². The normalized spacial score (nSPS) is 20.8. The smallest absolute Gasteiger partial charge is 0.229 e. The number of aromatic amines is 1. The zero-order valence-electron chi connectivity index (χ0n) is 12.9. The Hall–Kier alpha value is -2.21. The van der Waals surface area contributed by atoms with Crippen LogP contribution in [0.4, 0.5) is 0 Å². The first-order valence-electron chi connectivity index (χ1n) is 7.55. The second-order valence-corrected chi connectivity index (χ2v) is 5.76. The van der Waals surface area contributed by atoms with Gasteiger partial charge in [-0.05, 0) is 25.6 Å². The van der Waals surface area contributed by atoms with Crippen molar-refractivity contribution in [2.24, 2.45) is 0 Å². The quantitative estimate of drug-likeness (QED) is 0.931. The fourth-order valence-corrected chi connectivity index (χ4v) is 2.88. The third-order valence-corrected chi connectivity index (χ3v) is 4.35. The van der Waals surface area contributed by atoms with Crippen LogP contribution in [-0.2, 0) is 4.79 Å². The average molecular weight is 299 g/mol. The number of piperazine rings is 1. The maximum Gasteiger partial charge on any atom is 0.229 e. The van der Waals surface area contributed by atoms with Gasteiger partial charge in [-0.1, -0.05) is 6.07 Å². The molecule has 3 rings (SSSR count). The molecule has 2 aromatic heterocycles. The van der Waals surface area contributed by atoms with Crippen molar-refractivity contribution in [3.05, 3.63) is 48.3 Å². The van der Waals surface area contributed by atoms with E-state index in [2.05, 4.69) is 26.9 Å². The monoisotopic (exact) mass is 299 g/mol. The highest BCUT2D eigenvalue weighted by Gasteiger charge is 2.32. The number of imidazole rings is 1. The molecule has 1 N–H and O–H groups in total. The van der Waals surface area contributed by atoms with Gasteiger partial charge in [0.05, 0.1) is 12.0 Å². The van der Waals surface area contributed by atoms with Gasteiger partial charge in [-0.25, -0.2) is 4.98 Å². The van der Waals surface area contributed by atoms with Crippen LogP contribution in [-0.4, -0.2) is 57.3 Å². The Morgan fingerprint density at radius 2 is 2.27 bits per heavy atom. The fourth-order valence-electron chi connectivity index (χ4n) is 2.88. The fraction of sp³-hybridized carbons (Fsp3) is 0.438. The van der Waals surface area contributed by atoms with Gasteiger partial charge in [0.25, 0.3) is 0 Å². The standard InChI is InChI=1S/C16H21N5O/c1-12(13-4-3-5-17-10-13)16(22)21-9-8-20(2)14(11-21)15-18-6-7-19-15/h3-7,10,12,14H,8-9,11H2,1-2H3,(H,18,19). The highest BCUT2D eigenvalue weighted by molar-refractivity contribution is 5.83. The number of aromatic nitrogens is 3. The van der Waals surface area contributed by atoms with Gasteiger partial charge in [-0.2, -0.15) is 0 Å². The van der Waals surface area contributed by atoms with Gasteiger partial charge in [0.1, 0.15) is 5.82 Å². The molecule has 1 amide bonds. The SMILES string of the molecule is CC(C(=O)N1CCN(C)C(c2ncc[nH]2)C1)c1cccnc1. The van der Waals surface area contributed by atoms with Crippen molar-refractivity contribution >= 4 is 5.91 Å². The minimum absolute atomic E-state index is 0.119. The minimum atomic E-state index is -0.172. The third kappa shape index (κ3) is 2.87. The van der Waals surface area contributed by atoms with Crippen LogP contribution in [0, 0.1) is 0 Å². The van der Waals surface area contributed by atoms with Crippen LogP contribution in [0.1, 0.15) is 30.3 Å². The molecule has 3 heterocycles. The number of rotatable bonds is 3. The molecule has 1 aliphatic heterocycles. The van der Waals surface area contributed by atoms with Crippen molar-refractivity contribution in [3.8, 4) is 0 Å². The Morgan fingerprint density at radius 1 is 1.41 bits per heavy atom. The van der Waals surface area contributed by atoms with E-state index in [4.69, 9.17) is 0 Å². The summed E-state index contributed by atoms with van der Waals surface area (Å²) in [4.78, 5) is 28.5. The molecule has 2 atom stereocenters. The van der Waals surface area contributed by atoms with E-state index < -0.39 is 0 Å². The number of hydrogen-bond donors (Lipinski definition) is 1. The van der Waals surface area contributed by atoms with Crippen LogP contribution < -0.4 is 0 Å². The number of carbonyl (C=O) groups excluding carboxylic acids is 1. The van der Waals surface area contributed by atoms with Gasteiger partial charge >= 0.3 is 0 Å². The Kier molecular flexibility index (Phi) is 4.20. The van der Waals surface area contributed by atoms with Gasteiger partial charge in [-0.15, -0.1) is 0 Å². The lowest BCUT2D eigenvalue weighted by Gasteiger charge is -2.39. The highest BCUT2D eigenvalue weighted by atomic mass is 16.2. The number of nitrogens with one attached hydrogen (secondary N) is 1. The number of nitrogens with zero attached hydrogens (tertiary/aromatic N) is 4. The van der Waals surface area contributed by atoms with Crippen molar-refractivity contribution in [3.63, 3.8) is 0 Å².